The van der Waals surface area contributed by atoms with E-state index in [-0.39, 0.29) is 35.9 Å². The van der Waals surface area contributed by atoms with E-state index in [2.05, 4.69) is 46.1 Å². The lowest BCUT2D eigenvalue weighted by Crippen LogP contribution is -2.46. The van der Waals surface area contributed by atoms with Gasteiger partial charge in [0.15, 0.2) is 5.96 Å². The maximum Gasteiger partial charge on any atom is 0.308 e. The number of nitrogens with zero attached hydrogens (tertiary/aromatic N) is 4. The molecule has 2 aliphatic rings. The van der Waals surface area contributed by atoms with E-state index in [9.17, 15) is 4.79 Å². The van der Waals surface area contributed by atoms with Crippen LogP contribution in [0, 0.1) is 11.8 Å². The predicted molar refractivity (Wildman–Crippen MR) is 131 cm³/mol. The van der Waals surface area contributed by atoms with Gasteiger partial charge in [0.1, 0.15) is 5.82 Å². The average Bonchev–Trinajstić information content (AvgIpc) is 2.77. The molecule has 2 aliphatic heterocycles. The zero-order valence-corrected chi connectivity index (χ0v) is 20.8. The van der Waals surface area contributed by atoms with E-state index < -0.39 is 0 Å². The van der Waals surface area contributed by atoms with Gasteiger partial charge in [-0.2, -0.15) is 0 Å². The van der Waals surface area contributed by atoms with E-state index in [0.29, 0.717) is 6.54 Å². The number of halogens is 1. The molecule has 0 aromatic carbocycles. The van der Waals surface area contributed by atoms with Gasteiger partial charge in [-0.15, -0.1) is 24.0 Å². The topological polar surface area (TPSA) is 70.1 Å². The number of methoxy groups -OCH3 is 1. The second-order valence-electron chi connectivity index (χ2n) is 8.15. The molecule has 0 unspecified atom stereocenters. The summed E-state index contributed by atoms with van der Waals surface area (Å²) in [7, 11) is 1.46. The second kappa shape index (κ2) is 12.3. The van der Waals surface area contributed by atoms with E-state index in [1.807, 2.05) is 6.20 Å². The van der Waals surface area contributed by atoms with Gasteiger partial charge in [-0.1, -0.05) is 13.0 Å². The molecule has 0 bridgehead atoms. The van der Waals surface area contributed by atoms with Crippen molar-refractivity contribution in [3.05, 3.63) is 23.9 Å². The Labute approximate surface area is 197 Å². The summed E-state index contributed by atoms with van der Waals surface area (Å²) >= 11 is 0. The quantitative estimate of drug-likeness (QED) is 0.273. The summed E-state index contributed by atoms with van der Waals surface area (Å²) in [5.74, 6) is 2.71. The van der Waals surface area contributed by atoms with Crippen molar-refractivity contribution in [2.45, 2.75) is 46.1 Å². The van der Waals surface area contributed by atoms with Crippen LogP contribution >= 0.6 is 24.0 Å². The van der Waals surface area contributed by atoms with E-state index in [1.54, 1.807) is 0 Å². The number of hydrogen-bond acceptors (Lipinski definition) is 5. The van der Waals surface area contributed by atoms with Gasteiger partial charge in [-0.05, 0) is 50.2 Å². The largest absolute Gasteiger partial charge is 0.469 e. The van der Waals surface area contributed by atoms with Crippen molar-refractivity contribution in [1.29, 1.82) is 0 Å². The number of carbonyl (C=O) groups excluding carboxylic acids is 1. The average molecular weight is 529 g/mol. The number of pyridine rings is 1. The highest BCUT2D eigenvalue weighted by atomic mass is 127. The minimum atomic E-state index is -0.0964. The fourth-order valence-electron chi connectivity index (χ4n) is 4.02. The first-order valence-corrected chi connectivity index (χ1v) is 10.9. The Morgan fingerprint density at radius 1 is 1.20 bits per heavy atom. The maximum absolute atomic E-state index is 11.7. The molecule has 7 nitrogen and oxygen atoms in total. The molecular weight excluding hydrogens is 493 g/mol. The summed E-state index contributed by atoms with van der Waals surface area (Å²) in [5, 5.41) is 3.38. The summed E-state index contributed by atoms with van der Waals surface area (Å²) in [5.41, 5.74) is 1.11. The number of hydrogen-bond donors (Lipinski definition) is 1. The van der Waals surface area contributed by atoms with Crippen LogP contribution in [0.15, 0.2) is 23.3 Å². The molecule has 8 heteroatoms. The number of anilines is 1. The molecule has 0 saturated carbocycles. The van der Waals surface area contributed by atoms with Gasteiger partial charge in [0, 0.05) is 38.9 Å². The van der Waals surface area contributed by atoms with Crippen LogP contribution in [0.1, 0.15) is 45.1 Å². The number of nitrogens with one attached hydrogen (secondary N) is 1. The molecule has 2 saturated heterocycles. The molecule has 0 atom stereocenters. The first-order valence-electron chi connectivity index (χ1n) is 10.9. The molecule has 0 spiro atoms. The van der Waals surface area contributed by atoms with Crippen LogP contribution in [0.25, 0.3) is 0 Å². The Hall–Kier alpha value is -1.58. The zero-order chi connectivity index (χ0) is 20.6. The number of esters is 1. The van der Waals surface area contributed by atoms with Crippen molar-refractivity contribution in [2.75, 3.05) is 44.7 Å². The Morgan fingerprint density at radius 3 is 2.47 bits per heavy atom. The van der Waals surface area contributed by atoms with Gasteiger partial charge >= 0.3 is 5.97 Å². The standard InChI is InChI=1S/C22H35N5O2.HI/c1-4-23-22(27-13-9-19(10-14-27)21(28)29-3)25-16-18-5-6-20(24-15-18)26-11-7-17(2)8-12-26;/h5-6,15,17,19H,4,7-14,16H2,1-3H3,(H,23,25);1H. The lowest BCUT2D eigenvalue weighted by molar-refractivity contribution is -0.146. The number of aromatic nitrogens is 1. The summed E-state index contributed by atoms with van der Waals surface area (Å²) in [6.07, 6.45) is 6.05. The van der Waals surface area contributed by atoms with Gasteiger partial charge in [0.2, 0.25) is 0 Å². The van der Waals surface area contributed by atoms with Crippen LogP contribution in [0.2, 0.25) is 0 Å². The number of rotatable bonds is 5. The molecule has 0 radical (unpaired) electrons. The van der Waals surface area contributed by atoms with E-state index in [4.69, 9.17) is 9.73 Å². The monoisotopic (exact) mass is 529 g/mol. The first kappa shape index (κ1) is 24.7. The molecule has 1 N–H and O–H groups in total. The number of piperidine rings is 2. The third-order valence-electron chi connectivity index (χ3n) is 5.99. The lowest BCUT2D eigenvalue weighted by atomic mass is 9.97. The van der Waals surface area contributed by atoms with Gasteiger partial charge in [0.25, 0.3) is 0 Å². The number of guanidine groups is 1. The van der Waals surface area contributed by atoms with Crippen LogP contribution in [0.4, 0.5) is 5.82 Å². The van der Waals surface area contributed by atoms with E-state index >= 15 is 0 Å². The molecule has 0 aliphatic carbocycles. The number of aliphatic imine (C=N–C) groups is 1. The fourth-order valence-corrected chi connectivity index (χ4v) is 4.02. The van der Waals surface area contributed by atoms with Crippen molar-refractivity contribution in [3.63, 3.8) is 0 Å². The maximum atomic E-state index is 11.7. The van der Waals surface area contributed by atoms with Crippen LogP contribution in [0.5, 0.6) is 0 Å². The predicted octanol–water partition coefficient (Wildman–Crippen LogP) is 3.29. The summed E-state index contributed by atoms with van der Waals surface area (Å²) in [6, 6.07) is 4.26. The highest BCUT2D eigenvalue weighted by molar-refractivity contribution is 14.0. The molecular formula is C22H36IN5O2. The Bertz CT molecular complexity index is 681. The summed E-state index contributed by atoms with van der Waals surface area (Å²) < 4.78 is 4.88. The molecule has 30 heavy (non-hydrogen) atoms. The fraction of sp³-hybridized carbons (Fsp3) is 0.682. The minimum absolute atomic E-state index is 0. The third kappa shape index (κ3) is 6.72. The molecule has 1 aromatic heterocycles. The highest BCUT2D eigenvalue weighted by Crippen LogP contribution is 2.22. The SMILES string of the molecule is CCNC(=NCc1ccc(N2CCC(C)CC2)nc1)N1CCC(C(=O)OC)CC1.I. The number of likely N-dealkylation sites (tertiary alicyclic amines) is 1. The molecule has 2 fully saturated rings. The molecule has 0 amide bonds. The Kier molecular flexibility index (Phi) is 10.1. The van der Waals surface area contributed by atoms with Crippen molar-refractivity contribution in [3.8, 4) is 0 Å². The number of carbonyl (C=O) groups is 1. The minimum Gasteiger partial charge on any atom is -0.469 e. The molecule has 3 heterocycles. The number of ether oxygens (including phenoxy) is 1. The highest BCUT2D eigenvalue weighted by Gasteiger charge is 2.27. The zero-order valence-electron chi connectivity index (χ0n) is 18.5. The van der Waals surface area contributed by atoms with Gasteiger partial charge in [-0.25, -0.2) is 9.98 Å². The Balaban J connectivity index is 0.00000320. The summed E-state index contributed by atoms with van der Waals surface area (Å²) in [4.78, 5) is 25.8. The van der Waals surface area contributed by atoms with Crippen molar-refractivity contribution < 1.29 is 9.53 Å². The third-order valence-corrected chi connectivity index (χ3v) is 5.99. The van der Waals surface area contributed by atoms with Crippen molar-refractivity contribution in [2.24, 2.45) is 16.8 Å². The van der Waals surface area contributed by atoms with Crippen LogP contribution in [-0.2, 0) is 16.1 Å². The van der Waals surface area contributed by atoms with Crippen LogP contribution < -0.4 is 10.2 Å². The van der Waals surface area contributed by atoms with Crippen LogP contribution in [-0.4, -0.2) is 61.6 Å². The lowest BCUT2D eigenvalue weighted by Gasteiger charge is -2.33. The second-order valence-corrected chi connectivity index (χ2v) is 8.15. The molecule has 168 valence electrons. The molecule has 3 rings (SSSR count). The smallest absolute Gasteiger partial charge is 0.308 e. The first-order chi connectivity index (χ1) is 14.1. The van der Waals surface area contributed by atoms with Crippen molar-refractivity contribution in [1.82, 2.24) is 15.2 Å². The Morgan fingerprint density at radius 2 is 1.90 bits per heavy atom. The van der Waals surface area contributed by atoms with Gasteiger partial charge in [0.05, 0.1) is 19.6 Å². The van der Waals surface area contributed by atoms with Gasteiger partial charge in [-0.3, -0.25) is 4.79 Å². The van der Waals surface area contributed by atoms with Gasteiger partial charge < -0.3 is 19.9 Å². The van der Waals surface area contributed by atoms with E-state index in [1.165, 1.54) is 20.0 Å². The van der Waals surface area contributed by atoms with Crippen LogP contribution in [0.3, 0.4) is 0 Å². The summed E-state index contributed by atoms with van der Waals surface area (Å²) in [6.45, 7) is 9.64. The van der Waals surface area contributed by atoms with E-state index in [0.717, 1.165) is 68.8 Å². The normalized spacial score (nSPS) is 18.7. The molecule has 1 aromatic rings. The van der Waals surface area contributed by atoms with Crippen molar-refractivity contribution >= 4 is 41.7 Å².